The number of benzene rings is 2. The van der Waals surface area contributed by atoms with Gasteiger partial charge in [-0.25, -0.2) is 9.37 Å². The zero-order valence-corrected chi connectivity index (χ0v) is 13.2. The van der Waals surface area contributed by atoms with Gasteiger partial charge in [0.1, 0.15) is 11.6 Å². The SMILES string of the molecule is Cc1nc2ccccc2c(=O)n1CCc1c[nH]c2cc(F)ccc12. The van der Waals surface area contributed by atoms with Gasteiger partial charge in [-0.05, 0) is 49.2 Å². The summed E-state index contributed by atoms with van der Waals surface area (Å²) in [5.41, 5.74) is 2.53. The topological polar surface area (TPSA) is 50.7 Å². The number of hydrogen-bond donors (Lipinski definition) is 1. The Morgan fingerprint density at radius 3 is 2.88 bits per heavy atom. The number of H-pyrrole nitrogens is 1. The number of fused-ring (bicyclic) bond motifs is 2. The summed E-state index contributed by atoms with van der Waals surface area (Å²) in [6, 6.07) is 12.1. The summed E-state index contributed by atoms with van der Waals surface area (Å²) < 4.78 is 15.0. The quantitative estimate of drug-likeness (QED) is 0.627. The van der Waals surface area contributed by atoms with Gasteiger partial charge in [0.05, 0.1) is 10.9 Å². The molecule has 2 aromatic carbocycles. The van der Waals surface area contributed by atoms with Crippen molar-refractivity contribution in [3.05, 3.63) is 76.2 Å². The van der Waals surface area contributed by atoms with Gasteiger partial charge in [-0.15, -0.1) is 0 Å². The molecule has 4 aromatic rings. The fraction of sp³-hybridized carbons (Fsp3) is 0.158. The van der Waals surface area contributed by atoms with Crippen molar-refractivity contribution in [3.8, 4) is 0 Å². The van der Waals surface area contributed by atoms with Crippen molar-refractivity contribution in [1.82, 2.24) is 14.5 Å². The number of aromatic amines is 1. The first-order chi connectivity index (χ1) is 11.6. The highest BCUT2D eigenvalue weighted by Gasteiger charge is 2.09. The van der Waals surface area contributed by atoms with Crippen LogP contribution in [0.5, 0.6) is 0 Å². The van der Waals surface area contributed by atoms with Crippen LogP contribution in [0.15, 0.2) is 53.5 Å². The molecule has 0 radical (unpaired) electrons. The summed E-state index contributed by atoms with van der Waals surface area (Å²) in [6.07, 6.45) is 2.55. The summed E-state index contributed by atoms with van der Waals surface area (Å²) in [5, 5.41) is 1.61. The molecule has 4 rings (SSSR count). The molecule has 120 valence electrons. The fourth-order valence-corrected chi connectivity index (χ4v) is 3.14. The number of nitrogens with one attached hydrogen (secondary N) is 1. The van der Waals surface area contributed by atoms with E-state index >= 15 is 0 Å². The highest BCUT2D eigenvalue weighted by molar-refractivity contribution is 5.83. The van der Waals surface area contributed by atoms with Crippen LogP contribution in [0.3, 0.4) is 0 Å². The van der Waals surface area contributed by atoms with E-state index in [1.165, 1.54) is 12.1 Å². The first-order valence-corrected chi connectivity index (χ1v) is 7.85. The molecule has 0 aliphatic carbocycles. The van der Waals surface area contributed by atoms with Gasteiger partial charge in [0, 0.05) is 23.6 Å². The lowest BCUT2D eigenvalue weighted by Crippen LogP contribution is -2.24. The van der Waals surface area contributed by atoms with Gasteiger partial charge in [-0.1, -0.05) is 12.1 Å². The van der Waals surface area contributed by atoms with Crippen LogP contribution in [0.25, 0.3) is 21.8 Å². The Morgan fingerprint density at radius 2 is 2.00 bits per heavy atom. The number of hydrogen-bond acceptors (Lipinski definition) is 2. The Hall–Kier alpha value is -2.95. The van der Waals surface area contributed by atoms with E-state index in [1.807, 2.05) is 31.3 Å². The minimum Gasteiger partial charge on any atom is -0.361 e. The Kier molecular flexibility index (Phi) is 3.41. The molecule has 0 saturated heterocycles. The lowest BCUT2D eigenvalue weighted by molar-refractivity contribution is 0.629. The molecule has 0 bridgehead atoms. The van der Waals surface area contributed by atoms with Crippen molar-refractivity contribution in [3.63, 3.8) is 0 Å². The molecule has 0 atom stereocenters. The van der Waals surface area contributed by atoms with E-state index in [2.05, 4.69) is 9.97 Å². The minimum atomic E-state index is -0.262. The summed E-state index contributed by atoms with van der Waals surface area (Å²) in [4.78, 5) is 20.3. The second-order valence-electron chi connectivity index (χ2n) is 5.89. The van der Waals surface area contributed by atoms with Gasteiger partial charge in [-0.2, -0.15) is 0 Å². The van der Waals surface area contributed by atoms with Crippen molar-refractivity contribution in [2.45, 2.75) is 19.9 Å². The normalized spacial score (nSPS) is 11.4. The van der Waals surface area contributed by atoms with Crippen LogP contribution in [0.1, 0.15) is 11.4 Å². The van der Waals surface area contributed by atoms with E-state index in [4.69, 9.17) is 0 Å². The Bertz CT molecular complexity index is 1110. The summed E-state index contributed by atoms with van der Waals surface area (Å²) in [7, 11) is 0. The molecule has 0 spiro atoms. The van der Waals surface area contributed by atoms with Gasteiger partial charge in [-0.3, -0.25) is 9.36 Å². The van der Waals surface area contributed by atoms with Gasteiger partial charge in [0.2, 0.25) is 0 Å². The molecule has 24 heavy (non-hydrogen) atoms. The molecule has 0 aliphatic rings. The zero-order valence-electron chi connectivity index (χ0n) is 13.2. The Morgan fingerprint density at radius 1 is 1.17 bits per heavy atom. The molecular formula is C19H16FN3O. The fourth-order valence-electron chi connectivity index (χ4n) is 3.14. The van der Waals surface area contributed by atoms with Crippen LogP contribution in [0.4, 0.5) is 4.39 Å². The Balaban J connectivity index is 1.70. The van der Waals surface area contributed by atoms with E-state index in [0.717, 1.165) is 22.0 Å². The average molecular weight is 321 g/mol. The largest absolute Gasteiger partial charge is 0.361 e. The summed E-state index contributed by atoms with van der Waals surface area (Å²) >= 11 is 0. The maximum atomic E-state index is 13.3. The van der Waals surface area contributed by atoms with Crippen LogP contribution < -0.4 is 5.56 Å². The zero-order chi connectivity index (χ0) is 16.7. The van der Waals surface area contributed by atoms with E-state index in [0.29, 0.717) is 24.2 Å². The van der Waals surface area contributed by atoms with Gasteiger partial charge in [0.15, 0.2) is 0 Å². The van der Waals surface area contributed by atoms with E-state index in [1.54, 1.807) is 16.7 Å². The van der Waals surface area contributed by atoms with Crippen molar-refractivity contribution >= 4 is 21.8 Å². The third kappa shape index (κ3) is 2.38. The predicted octanol–water partition coefficient (Wildman–Crippen LogP) is 3.57. The molecule has 2 heterocycles. The molecule has 0 fully saturated rings. The first-order valence-electron chi connectivity index (χ1n) is 7.85. The lowest BCUT2D eigenvalue weighted by atomic mass is 10.1. The maximum absolute atomic E-state index is 13.3. The molecule has 4 nitrogen and oxygen atoms in total. The number of rotatable bonds is 3. The van der Waals surface area contributed by atoms with Crippen molar-refractivity contribution in [2.24, 2.45) is 0 Å². The van der Waals surface area contributed by atoms with Crippen LogP contribution in [0.2, 0.25) is 0 Å². The number of para-hydroxylation sites is 1. The molecular weight excluding hydrogens is 305 g/mol. The molecule has 0 amide bonds. The smallest absolute Gasteiger partial charge is 0.261 e. The van der Waals surface area contributed by atoms with Crippen LogP contribution in [-0.4, -0.2) is 14.5 Å². The van der Waals surface area contributed by atoms with E-state index < -0.39 is 0 Å². The van der Waals surface area contributed by atoms with Crippen LogP contribution in [-0.2, 0) is 13.0 Å². The minimum absolute atomic E-state index is 0.0241. The standard InChI is InChI=1S/C19H16FN3O/c1-12-22-17-5-3-2-4-16(17)19(24)23(12)9-8-13-11-21-18-10-14(20)6-7-15(13)18/h2-7,10-11,21H,8-9H2,1H3. The third-order valence-corrected chi connectivity index (χ3v) is 4.39. The second kappa shape index (κ2) is 5.60. The Labute approximate surface area is 137 Å². The highest BCUT2D eigenvalue weighted by Crippen LogP contribution is 2.20. The number of nitrogens with zero attached hydrogens (tertiary/aromatic N) is 2. The third-order valence-electron chi connectivity index (χ3n) is 4.39. The first kappa shape index (κ1) is 14.6. The van der Waals surface area contributed by atoms with Crippen LogP contribution >= 0.6 is 0 Å². The lowest BCUT2D eigenvalue weighted by Gasteiger charge is -2.10. The highest BCUT2D eigenvalue weighted by atomic mass is 19.1. The molecule has 1 N–H and O–H groups in total. The van der Waals surface area contributed by atoms with E-state index in [-0.39, 0.29) is 11.4 Å². The monoisotopic (exact) mass is 321 g/mol. The molecule has 0 saturated carbocycles. The average Bonchev–Trinajstić information content (AvgIpc) is 2.97. The molecule has 2 aromatic heterocycles. The number of aryl methyl sites for hydroxylation is 2. The molecule has 0 unspecified atom stereocenters. The van der Waals surface area contributed by atoms with Crippen LogP contribution in [0, 0.1) is 12.7 Å². The van der Waals surface area contributed by atoms with Crippen molar-refractivity contribution < 1.29 is 4.39 Å². The van der Waals surface area contributed by atoms with Crippen molar-refractivity contribution in [2.75, 3.05) is 0 Å². The molecule has 0 aliphatic heterocycles. The van der Waals surface area contributed by atoms with Gasteiger partial charge in [0.25, 0.3) is 5.56 Å². The van der Waals surface area contributed by atoms with Crippen molar-refractivity contribution in [1.29, 1.82) is 0 Å². The second-order valence-corrected chi connectivity index (χ2v) is 5.89. The number of aromatic nitrogens is 3. The van der Waals surface area contributed by atoms with Gasteiger partial charge >= 0.3 is 0 Å². The number of halogens is 1. The molecule has 5 heteroatoms. The predicted molar refractivity (Wildman–Crippen MR) is 92.7 cm³/mol. The summed E-state index contributed by atoms with van der Waals surface area (Å²) in [6.45, 7) is 2.38. The van der Waals surface area contributed by atoms with Gasteiger partial charge < -0.3 is 4.98 Å². The maximum Gasteiger partial charge on any atom is 0.261 e. The van der Waals surface area contributed by atoms with E-state index in [9.17, 15) is 9.18 Å². The summed E-state index contributed by atoms with van der Waals surface area (Å²) in [5.74, 6) is 0.436.